The lowest BCUT2D eigenvalue weighted by Gasteiger charge is -2.12. The van der Waals surface area contributed by atoms with Gasteiger partial charge in [-0.15, -0.1) is 11.3 Å². The van der Waals surface area contributed by atoms with Gasteiger partial charge in [0.2, 0.25) is 11.1 Å². The Morgan fingerprint density at radius 3 is 2.50 bits per heavy atom. The van der Waals surface area contributed by atoms with E-state index in [1.165, 1.54) is 54.8 Å². The van der Waals surface area contributed by atoms with Crippen molar-refractivity contribution in [2.75, 3.05) is 11.6 Å². The van der Waals surface area contributed by atoms with E-state index >= 15 is 0 Å². The lowest BCUT2D eigenvalue weighted by molar-refractivity contribution is 0.256. The smallest absolute Gasteiger partial charge is 0.333 e. The predicted octanol–water partition coefficient (Wildman–Crippen LogP) is 3.23. The van der Waals surface area contributed by atoms with E-state index < -0.39 is 38.4 Å². The number of rotatable bonds is 6. The first-order valence-electron chi connectivity index (χ1n) is 9.64. The molecule has 0 radical (unpaired) electrons. The number of urea groups is 1. The van der Waals surface area contributed by atoms with E-state index in [9.17, 15) is 27.0 Å². The first kappa shape index (κ1) is 25.9. The minimum atomic E-state index is -4.14. The number of carbonyl (C=O) groups excluding carboxylic acids is 1. The molecule has 3 N–H and O–H groups in total. The van der Waals surface area contributed by atoms with Crippen LogP contribution in [-0.2, 0) is 21.1 Å². The van der Waals surface area contributed by atoms with Gasteiger partial charge in [0.15, 0.2) is 0 Å². The van der Waals surface area contributed by atoms with Crippen molar-refractivity contribution in [1.82, 2.24) is 14.3 Å². The van der Waals surface area contributed by atoms with Gasteiger partial charge in [0, 0.05) is 11.9 Å². The van der Waals surface area contributed by atoms with Crippen molar-refractivity contribution in [2.45, 2.75) is 4.21 Å². The number of fused-ring (bicyclic) bond motifs is 1. The van der Waals surface area contributed by atoms with Crippen LogP contribution >= 0.6 is 34.5 Å². The molecule has 16 heteroatoms. The highest BCUT2D eigenvalue weighted by Crippen LogP contribution is 2.26. The highest BCUT2D eigenvalue weighted by Gasteiger charge is 2.20. The van der Waals surface area contributed by atoms with Crippen LogP contribution in [-0.4, -0.2) is 34.5 Å². The van der Waals surface area contributed by atoms with Crippen LogP contribution in [0.4, 0.5) is 10.5 Å². The van der Waals surface area contributed by atoms with E-state index in [1.807, 2.05) is 4.72 Å². The maximum Gasteiger partial charge on any atom is 0.333 e. The number of amides is 2. The summed E-state index contributed by atoms with van der Waals surface area (Å²) in [5.41, 5.74) is -1.17. The number of nitrogens with one attached hydrogen (secondary N) is 3. The van der Waals surface area contributed by atoms with Crippen LogP contribution in [0, 0.1) is 0 Å². The molecule has 1 atom stereocenters. The number of aromatic nitrogens is 2. The molecule has 4 rings (SSSR count). The molecule has 0 bridgehead atoms. The second-order valence-corrected chi connectivity index (χ2v) is 12.0. The van der Waals surface area contributed by atoms with Crippen molar-refractivity contribution in [3.63, 3.8) is 0 Å². The van der Waals surface area contributed by atoms with Gasteiger partial charge in [0.1, 0.15) is 9.96 Å². The van der Waals surface area contributed by atoms with Crippen molar-refractivity contribution >= 4 is 78.3 Å². The van der Waals surface area contributed by atoms with Crippen molar-refractivity contribution in [3.8, 4) is 11.4 Å². The normalized spacial score (nSPS) is 12.3. The number of nitrogens with zero attached hydrogens (tertiary/aromatic N) is 1. The van der Waals surface area contributed by atoms with E-state index in [0.29, 0.717) is 0 Å². The minimum absolute atomic E-state index is 0.00186. The third-order valence-electron chi connectivity index (χ3n) is 4.57. The fourth-order valence-electron chi connectivity index (χ4n) is 3.14. The highest BCUT2D eigenvalue weighted by molar-refractivity contribution is 7.92. The quantitative estimate of drug-likeness (QED) is 0.312. The molecule has 0 spiro atoms. The first-order valence-corrected chi connectivity index (χ1v) is 14.2. The molecule has 0 saturated carbocycles. The zero-order chi connectivity index (χ0) is 26.2. The number of sulfonamides is 1. The molecule has 2 heterocycles. The molecule has 0 fully saturated rings. The first-order chi connectivity index (χ1) is 16.9. The van der Waals surface area contributed by atoms with Gasteiger partial charge >= 0.3 is 11.7 Å². The third kappa shape index (κ3) is 5.47. The van der Waals surface area contributed by atoms with Crippen molar-refractivity contribution in [2.24, 2.45) is 0 Å². The Hall–Kier alpha value is -3.17. The topological polar surface area (TPSA) is 156 Å². The van der Waals surface area contributed by atoms with Gasteiger partial charge in [-0.05, 0) is 48.5 Å². The van der Waals surface area contributed by atoms with Crippen molar-refractivity contribution < 1.29 is 21.6 Å². The Kier molecular flexibility index (Phi) is 7.24. The van der Waals surface area contributed by atoms with E-state index in [2.05, 4.69) is 10.3 Å². The van der Waals surface area contributed by atoms with Crippen LogP contribution in [0.3, 0.4) is 0 Å². The number of hydrogen-bond acceptors (Lipinski definition) is 8. The average Bonchev–Trinajstić information content (AvgIpc) is 3.22. The molecule has 0 saturated heterocycles. The maximum atomic E-state index is 13.1. The summed E-state index contributed by atoms with van der Waals surface area (Å²) in [5, 5.41) is 2.31. The Bertz CT molecular complexity index is 1760. The number of aromatic amines is 1. The monoisotopic (exact) mass is 588 g/mol. The van der Waals surface area contributed by atoms with E-state index in [4.69, 9.17) is 27.4 Å². The molecule has 0 aliphatic carbocycles. The zero-order valence-electron chi connectivity index (χ0n) is 17.9. The molecule has 188 valence electrons. The second kappa shape index (κ2) is 10.1. The minimum Gasteiger partial charge on any atom is -0.401 e. The van der Waals surface area contributed by atoms with Crippen LogP contribution in [0.15, 0.2) is 62.3 Å². The van der Waals surface area contributed by atoms with Crippen LogP contribution in [0.1, 0.15) is 0 Å². The predicted molar refractivity (Wildman–Crippen MR) is 139 cm³/mol. The number of benzene rings is 2. The van der Waals surface area contributed by atoms with Crippen molar-refractivity contribution in [1.29, 1.82) is 0 Å². The van der Waals surface area contributed by atoms with Gasteiger partial charge in [-0.2, -0.15) is 0 Å². The number of halogens is 2. The summed E-state index contributed by atoms with van der Waals surface area (Å²) in [5.74, 6) is 0.162. The Labute approximate surface area is 219 Å². The van der Waals surface area contributed by atoms with Gasteiger partial charge in [0.25, 0.3) is 15.6 Å². The van der Waals surface area contributed by atoms with Crippen LogP contribution < -0.4 is 25.5 Å². The molecule has 2 aromatic carbocycles. The molecule has 36 heavy (non-hydrogen) atoms. The number of thiophene rings is 1. The standard InChI is InChI=1S/C20H14Cl2N4O7S3/c1-35(30)33-11-3-4-14-12(9-11)18(27)26(20(29)24-14)15-5-2-10(8-13(15)21)23-19(28)25-36(31,32)17-7-6-16(22)34-17/h2-9H,1H3,(H,24,29)(H2,23,25,28). The molecule has 2 aromatic heterocycles. The van der Waals surface area contributed by atoms with Crippen LogP contribution in [0.2, 0.25) is 9.36 Å². The van der Waals surface area contributed by atoms with Gasteiger partial charge in [0.05, 0.1) is 25.9 Å². The molecule has 0 aliphatic heterocycles. The van der Waals surface area contributed by atoms with Gasteiger partial charge in [-0.1, -0.05) is 23.2 Å². The average molecular weight is 589 g/mol. The SMILES string of the molecule is CS(=O)Oc1ccc2[nH]c(=O)n(-c3ccc(NC(=O)NS(=O)(=O)c4ccc(Cl)s4)cc3Cl)c(=O)c2c1. The second-order valence-electron chi connectivity index (χ2n) is 7.05. The van der Waals surface area contributed by atoms with Crippen LogP contribution in [0.5, 0.6) is 5.75 Å². The molecule has 11 nitrogen and oxygen atoms in total. The summed E-state index contributed by atoms with van der Waals surface area (Å²) >= 11 is 11.2. The number of hydrogen-bond donors (Lipinski definition) is 3. The summed E-state index contributed by atoms with van der Waals surface area (Å²) in [6.45, 7) is 0. The third-order valence-corrected chi connectivity index (χ3v) is 8.35. The maximum absolute atomic E-state index is 13.1. The molecule has 2 amide bonds. The number of H-pyrrole nitrogens is 1. The van der Waals surface area contributed by atoms with Crippen molar-refractivity contribution in [3.05, 3.63) is 78.7 Å². The summed E-state index contributed by atoms with van der Waals surface area (Å²) in [7, 11) is -4.14. The number of carbonyl (C=O) groups is 1. The van der Waals surface area contributed by atoms with Gasteiger partial charge < -0.3 is 14.5 Å². The van der Waals surface area contributed by atoms with E-state index in [1.54, 1.807) is 0 Å². The molecule has 1 unspecified atom stereocenters. The summed E-state index contributed by atoms with van der Waals surface area (Å²) in [6, 6.07) is 9.66. The Morgan fingerprint density at radius 1 is 1.11 bits per heavy atom. The fourth-order valence-corrected chi connectivity index (χ4v) is 6.17. The molecular formula is C20H14Cl2N4O7S3. The molecule has 0 aliphatic rings. The highest BCUT2D eigenvalue weighted by atomic mass is 35.5. The largest absolute Gasteiger partial charge is 0.401 e. The Balaban J connectivity index is 1.63. The Morgan fingerprint density at radius 2 is 1.86 bits per heavy atom. The van der Waals surface area contributed by atoms with E-state index in [-0.39, 0.29) is 41.6 Å². The van der Waals surface area contributed by atoms with Crippen LogP contribution in [0.25, 0.3) is 16.6 Å². The van der Waals surface area contributed by atoms with Gasteiger partial charge in [-0.3, -0.25) is 4.79 Å². The number of anilines is 1. The zero-order valence-corrected chi connectivity index (χ0v) is 21.9. The summed E-state index contributed by atoms with van der Waals surface area (Å²) in [6.07, 6.45) is 1.32. The van der Waals surface area contributed by atoms with E-state index in [0.717, 1.165) is 15.9 Å². The summed E-state index contributed by atoms with van der Waals surface area (Å²) < 4.78 is 43.7. The molecule has 4 aromatic rings. The summed E-state index contributed by atoms with van der Waals surface area (Å²) in [4.78, 5) is 40.5. The lowest BCUT2D eigenvalue weighted by Crippen LogP contribution is -2.34. The fraction of sp³-hybridized carbons (Fsp3) is 0.0500. The van der Waals surface area contributed by atoms with Gasteiger partial charge in [-0.25, -0.2) is 31.5 Å². The lowest BCUT2D eigenvalue weighted by atomic mass is 10.2. The molecular weight excluding hydrogens is 575 g/mol.